The van der Waals surface area contributed by atoms with Crippen LogP contribution in [0.3, 0.4) is 0 Å². The summed E-state index contributed by atoms with van der Waals surface area (Å²) in [5.74, 6) is 1.34. The maximum atomic E-state index is 6.02. The van der Waals surface area contributed by atoms with Gasteiger partial charge in [0.2, 0.25) is 17.8 Å². The van der Waals surface area contributed by atoms with E-state index < -0.39 is 0 Å². The molecular weight excluding hydrogens is 336 g/mol. The monoisotopic (exact) mass is 354 g/mol. The number of hydrogen-bond acceptors (Lipinski definition) is 6. The average Bonchev–Trinajstić information content (AvgIpc) is 2.53. The lowest BCUT2D eigenvalue weighted by Crippen LogP contribution is -2.07. The van der Waals surface area contributed by atoms with Gasteiger partial charge in [-0.1, -0.05) is 23.7 Å². The van der Waals surface area contributed by atoms with E-state index in [2.05, 4.69) is 50.8 Å². The summed E-state index contributed by atoms with van der Waals surface area (Å²) in [6.45, 7) is 4.10. The third kappa shape index (κ3) is 4.58. The number of anilines is 5. The maximum absolute atomic E-state index is 6.02. The van der Waals surface area contributed by atoms with Crippen molar-refractivity contribution in [1.29, 1.82) is 0 Å². The van der Waals surface area contributed by atoms with Crippen molar-refractivity contribution in [2.45, 2.75) is 13.8 Å². The Labute approximate surface area is 151 Å². The van der Waals surface area contributed by atoms with Crippen LogP contribution in [0.1, 0.15) is 11.1 Å². The number of nitrogens with zero attached hydrogens (tertiary/aromatic N) is 3. The number of nitrogens with one attached hydrogen (secondary N) is 3. The molecule has 3 N–H and O–H groups in total. The molecule has 6 nitrogen and oxygen atoms in total. The highest BCUT2D eigenvalue weighted by atomic mass is 35.5. The second kappa shape index (κ2) is 7.36. The normalized spacial score (nSPS) is 10.4. The Kier molecular flexibility index (Phi) is 5.00. The first kappa shape index (κ1) is 17.0. The maximum Gasteiger partial charge on any atom is 0.233 e. The van der Waals surface area contributed by atoms with Crippen LogP contribution in [0.15, 0.2) is 42.5 Å². The first-order chi connectivity index (χ1) is 12.0. The molecule has 0 aliphatic heterocycles. The van der Waals surface area contributed by atoms with E-state index in [-0.39, 0.29) is 0 Å². The van der Waals surface area contributed by atoms with Crippen molar-refractivity contribution in [1.82, 2.24) is 15.0 Å². The summed E-state index contributed by atoms with van der Waals surface area (Å²) in [4.78, 5) is 13.1. The van der Waals surface area contributed by atoms with Crippen molar-refractivity contribution in [2.24, 2.45) is 0 Å². The molecule has 3 rings (SSSR count). The van der Waals surface area contributed by atoms with Crippen LogP contribution in [0.5, 0.6) is 0 Å². The highest BCUT2D eigenvalue weighted by Crippen LogP contribution is 2.21. The molecule has 2 aromatic carbocycles. The van der Waals surface area contributed by atoms with Crippen LogP contribution in [0, 0.1) is 13.8 Å². The Morgan fingerprint density at radius 3 is 1.96 bits per heavy atom. The molecule has 0 amide bonds. The van der Waals surface area contributed by atoms with Gasteiger partial charge < -0.3 is 16.0 Å². The SMILES string of the molecule is CNc1nc(Nc2cc(C)cc(C)c2)nc(Nc2cccc(Cl)c2)n1. The minimum atomic E-state index is 0.425. The van der Waals surface area contributed by atoms with Crippen molar-refractivity contribution >= 4 is 40.8 Å². The van der Waals surface area contributed by atoms with E-state index in [1.54, 1.807) is 13.1 Å². The molecule has 3 aromatic rings. The van der Waals surface area contributed by atoms with Gasteiger partial charge in [0.05, 0.1) is 0 Å². The molecule has 1 aromatic heterocycles. The lowest BCUT2D eigenvalue weighted by atomic mass is 10.1. The van der Waals surface area contributed by atoms with Crippen molar-refractivity contribution < 1.29 is 0 Å². The van der Waals surface area contributed by atoms with Gasteiger partial charge in [0.1, 0.15) is 0 Å². The van der Waals surface area contributed by atoms with E-state index in [0.717, 1.165) is 11.4 Å². The molecule has 25 heavy (non-hydrogen) atoms. The molecule has 0 unspecified atom stereocenters. The van der Waals surface area contributed by atoms with Crippen molar-refractivity contribution in [2.75, 3.05) is 23.0 Å². The Morgan fingerprint density at radius 1 is 0.760 bits per heavy atom. The van der Waals surface area contributed by atoms with E-state index in [9.17, 15) is 0 Å². The average molecular weight is 355 g/mol. The molecule has 0 radical (unpaired) electrons. The minimum absolute atomic E-state index is 0.425. The number of rotatable bonds is 5. The first-order valence-corrected chi connectivity index (χ1v) is 8.21. The van der Waals surface area contributed by atoms with Gasteiger partial charge >= 0.3 is 0 Å². The highest BCUT2D eigenvalue weighted by molar-refractivity contribution is 6.30. The van der Waals surface area contributed by atoms with Crippen LogP contribution in [-0.4, -0.2) is 22.0 Å². The lowest BCUT2D eigenvalue weighted by Gasteiger charge is -2.11. The molecule has 1 heterocycles. The summed E-state index contributed by atoms with van der Waals surface area (Å²) in [6, 6.07) is 13.6. The van der Waals surface area contributed by atoms with Gasteiger partial charge in [-0.2, -0.15) is 15.0 Å². The van der Waals surface area contributed by atoms with Gasteiger partial charge in [-0.25, -0.2) is 0 Å². The summed E-state index contributed by atoms with van der Waals surface area (Å²) in [6.07, 6.45) is 0. The summed E-state index contributed by atoms with van der Waals surface area (Å²) < 4.78 is 0. The van der Waals surface area contributed by atoms with Crippen LogP contribution in [-0.2, 0) is 0 Å². The molecule has 0 aliphatic carbocycles. The van der Waals surface area contributed by atoms with Crippen LogP contribution < -0.4 is 16.0 Å². The number of halogens is 1. The van der Waals surface area contributed by atoms with Crippen LogP contribution >= 0.6 is 11.6 Å². The lowest BCUT2D eigenvalue weighted by molar-refractivity contribution is 1.06. The molecule has 7 heteroatoms. The van der Waals surface area contributed by atoms with Gasteiger partial charge in [-0.05, 0) is 55.3 Å². The number of aryl methyl sites for hydroxylation is 2. The zero-order valence-corrected chi connectivity index (χ0v) is 15.0. The van der Waals surface area contributed by atoms with Crippen LogP contribution in [0.25, 0.3) is 0 Å². The Bertz CT molecular complexity index is 876. The predicted molar refractivity (Wildman–Crippen MR) is 103 cm³/mol. The molecule has 0 atom stereocenters. The highest BCUT2D eigenvalue weighted by Gasteiger charge is 2.07. The van der Waals surface area contributed by atoms with Gasteiger partial charge in [0.25, 0.3) is 0 Å². The fraction of sp³-hybridized carbons (Fsp3) is 0.167. The van der Waals surface area contributed by atoms with Gasteiger partial charge in [0, 0.05) is 23.4 Å². The van der Waals surface area contributed by atoms with E-state index in [1.807, 2.05) is 30.3 Å². The second-order valence-corrected chi connectivity index (χ2v) is 6.13. The Hall–Kier alpha value is -2.86. The topological polar surface area (TPSA) is 74.8 Å². The van der Waals surface area contributed by atoms with E-state index in [4.69, 9.17) is 11.6 Å². The summed E-state index contributed by atoms with van der Waals surface area (Å²) >= 11 is 6.02. The summed E-state index contributed by atoms with van der Waals surface area (Å²) in [5.41, 5.74) is 4.07. The van der Waals surface area contributed by atoms with Crippen molar-refractivity contribution in [3.05, 3.63) is 58.6 Å². The van der Waals surface area contributed by atoms with Gasteiger partial charge in [-0.15, -0.1) is 0 Å². The molecule has 0 saturated heterocycles. The van der Waals surface area contributed by atoms with Gasteiger partial charge in [-0.3, -0.25) is 0 Å². The standard InChI is InChI=1S/C18H19ClN6/c1-11-7-12(2)9-15(8-11)22-18-24-16(20-3)23-17(25-18)21-14-6-4-5-13(19)10-14/h4-10H,1-3H3,(H3,20,21,22,23,24,25). The quantitative estimate of drug-likeness (QED) is 0.618. The predicted octanol–water partition coefficient (Wildman–Crippen LogP) is 4.67. The van der Waals surface area contributed by atoms with Crippen LogP contribution in [0.2, 0.25) is 5.02 Å². The minimum Gasteiger partial charge on any atom is -0.357 e. The fourth-order valence-electron chi connectivity index (χ4n) is 2.47. The second-order valence-electron chi connectivity index (χ2n) is 5.69. The van der Waals surface area contributed by atoms with Crippen LogP contribution in [0.4, 0.5) is 29.2 Å². The smallest absolute Gasteiger partial charge is 0.233 e. The Balaban J connectivity index is 1.89. The summed E-state index contributed by atoms with van der Waals surface area (Å²) in [5, 5.41) is 9.96. The molecule has 0 saturated carbocycles. The number of hydrogen-bond donors (Lipinski definition) is 3. The molecule has 0 spiro atoms. The van der Waals surface area contributed by atoms with Gasteiger partial charge in [0.15, 0.2) is 0 Å². The molecule has 0 bridgehead atoms. The number of aromatic nitrogens is 3. The molecule has 0 aliphatic rings. The molecular formula is C18H19ClN6. The fourth-order valence-corrected chi connectivity index (χ4v) is 2.66. The number of benzene rings is 2. The van der Waals surface area contributed by atoms with E-state index in [1.165, 1.54) is 11.1 Å². The van der Waals surface area contributed by atoms with Crippen molar-refractivity contribution in [3.8, 4) is 0 Å². The largest absolute Gasteiger partial charge is 0.357 e. The first-order valence-electron chi connectivity index (χ1n) is 7.83. The van der Waals surface area contributed by atoms with E-state index in [0.29, 0.717) is 22.9 Å². The third-order valence-electron chi connectivity index (χ3n) is 3.42. The van der Waals surface area contributed by atoms with Crippen molar-refractivity contribution in [3.63, 3.8) is 0 Å². The third-order valence-corrected chi connectivity index (χ3v) is 3.65. The molecule has 0 fully saturated rings. The summed E-state index contributed by atoms with van der Waals surface area (Å²) in [7, 11) is 1.76. The Morgan fingerprint density at radius 2 is 1.36 bits per heavy atom. The molecule has 128 valence electrons. The van der Waals surface area contributed by atoms with E-state index >= 15 is 0 Å². The zero-order chi connectivity index (χ0) is 17.8. The zero-order valence-electron chi connectivity index (χ0n) is 14.3.